The molecular formula is C51H39N5. The van der Waals surface area contributed by atoms with Crippen molar-refractivity contribution in [1.29, 1.82) is 0 Å². The average Bonchev–Trinajstić information content (AvgIpc) is 3.70. The van der Waals surface area contributed by atoms with E-state index < -0.39 is 0 Å². The van der Waals surface area contributed by atoms with E-state index >= 15 is 0 Å². The number of hydrogen-bond donors (Lipinski definition) is 0. The molecule has 0 saturated heterocycles. The van der Waals surface area contributed by atoms with Crippen LogP contribution in [0.1, 0.15) is 26.1 Å². The van der Waals surface area contributed by atoms with E-state index in [1.807, 2.05) is 67.9 Å². The molecule has 0 fully saturated rings. The van der Waals surface area contributed by atoms with Crippen LogP contribution in [0.5, 0.6) is 0 Å². The molecule has 268 valence electrons. The number of rotatable bonds is 9. The van der Waals surface area contributed by atoms with Crippen molar-refractivity contribution in [2.45, 2.75) is 20.3 Å². The number of fused-ring (bicyclic) bond motifs is 2. The Kier molecular flexibility index (Phi) is 9.40. The van der Waals surface area contributed by atoms with Crippen LogP contribution < -0.4 is 0 Å². The van der Waals surface area contributed by atoms with Gasteiger partial charge >= 0.3 is 0 Å². The molecule has 0 N–H and O–H groups in total. The van der Waals surface area contributed by atoms with Gasteiger partial charge < -0.3 is 0 Å². The summed E-state index contributed by atoms with van der Waals surface area (Å²) < 4.78 is 2.13. The van der Waals surface area contributed by atoms with Gasteiger partial charge in [0.1, 0.15) is 6.33 Å². The molecule has 0 aliphatic carbocycles. The molecule has 0 aliphatic heterocycles. The lowest BCUT2D eigenvalue weighted by Crippen LogP contribution is -2.02. The number of allylic oxidation sites excluding steroid dienone is 4. The molecular weight excluding hydrogens is 683 g/mol. The van der Waals surface area contributed by atoms with Crippen molar-refractivity contribution in [2.24, 2.45) is 0 Å². The van der Waals surface area contributed by atoms with Crippen molar-refractivity contribution >= 4 is 27.4 Å². The fraction of sp³-hybridized carbons (Fsp3) is 0.0588. The highest BCUT2D eigenvalue weighted by atomic mass is 15.0. The highest BCUT2D eigenvalue weighted by Crippen LogP contribution is 2.34. The molecule has 0 saturated carbocycles. The first-order chi connectivity index (χ1) is 27.6. The lowest BCUT2D eigenvalue weighted by atomic mass is 9.94. The van der Waals surface area contributed by atoms with E-state index in [1.54, 1.807) is 0 Å². The fourth-order valence-corrected chi connectivity index (χ4v) is 7.34. The monoisotopic (exact) mass is 721 g/mol. The Balaban J connectivity index is 0.987. The molecule has 5 nitrogen and oxygen atoms in total. The van der Waals surface area contributed by atoms with Crippen molar-refractivity contribution < 1.29 is 0 Å². The number of para-hydroxylation sites is 1. The molecule has 2 heterocycles. The second-order valence-electron chi connectivity index (χ2n) is 13.8. The Labute approximate surface area is 327 Å². The quantitative estimate of drug-likeness (QED) is 0.139. The minimum Gasteiger partial charge on any atom is -0.299 e. The first-order valence-electron chi connectivity index (χ1n) is 19.1. The predicted molar refractivity (Wildman–Crippen MR) is 232 cm³/mol. The lowest BCUT2D eigenvalue weighted by Gasteiger charge is -2.11. The summed E-state index contributed by atoms with van der Waals surface area (Å²) in [6.45, 7) is 4.14. The van der Waals surface area contributed by atoms with Crippen LogP contribution in [0.25, 0.3) is 89.2 Å². The van der Waals surface area contributed by atoms with Gasteiger partial charge in [-0.1, -0.05) is 159 Å². The number of aromatic nitrogens is 5. The first-order valence-corrected chi connectivity index (χ1v) is 19.1. The summed E-state index contributed by atoms with van der Waals surface area (Å²) in [4.78, 5) is 19.5. The first kappa shape index (κ1) is 34.5. The van der Waals surface area contributed by atoms with Gasteiger partial charge in [-0.25, -0.2) is 19.9 Å². The van der Waals surface area contributed by atoms with Gasteiger partial charge in [-0.3, -0.25) is 4.57 Å². The molecule has 0 unspecified atom stereocenters. The molecule has 0 spiro atoms. The van der Waals surface area contributed by atoms with Crippen molar-refractivity contribution in [2.75, 3.05) is 0 Å². The molecule has 56 heavy (non-hydrogen) atoms. The Hall–Kier alpha value is -7.24. The highest BCUT2D eigenvalue weighted by molar-refractivity contribution is 5.99. The van der Waals surface area contributed by atoms with Gasteiger partial charge in [-0.05, 0) is 87.8 Å². The Morgan fingerprint density at radius 2 is 1.16 bits per heavy atom. The van der Waals surface area contributed by atoms with Crippen LogP contribution >= 0.6 is 0 Å². The third kappa shape index (κ3) is 6.83. The van der Waals surface area contributed by atoms with Gasteiger partial charge in [0, 0.05) is 22.4 Å². The maximum atomic E-state index is 4.96. The Morgan fingerprint density at radius 1 is 0.554 bits per heavy atom. The van der Waals surface area contributed by atoms with E-state index in [9.17, 15) is 0 Å². The zero-order chi connectivity index (χ0) is 37.8. The molecule has 0 atom stereocenters. The van der Waals surface area contributed by atoms with E-state index in [1.165, 1.54) is 27.5 Å². The summed E-state index contributed by atoms with van der Waals surface area (Å²) in [5.41, 5.74) is 13.1. The molecule has 0 amide bonds. The normalized spacial score (nSPS) is 11.9. The maximum Gasteiger partial charge on any atom is 0.164 e. The van der Waals surface area contributed by atoms with Gasteiger partial charge in [0.05, 0.1) is 11.0 Å². The highest BCUT2D eigenvalue weighted by Gasteiger charge is 2.14. The van der Waals surface area contributed by atoms with E-state index in [0.29, 0.717) is 17.5 Å². The summed E-state index contributed by atoms with van der Waals surface area (Å²) in [6, 6.07) is 57.6. The zero-order valence-electron chi connectivity index (χ0n) is 31.3. The van der Waals surface area contributed by atoms with Crippen LogP contribution in [-0.4, -0.2) is 24.5 Å². The number of nitrogens with zero attached hydrogens (tertiary/aromatic N) is 5. The van der Waals surface area contributed by atoms with Crippen molar-refractivity contribution in [3.05, 3.63) is 194 Å². The predicted octanol–water partition coefficient (Wildman–Crippen LogP) is 13.1. The largest absolute Gasteiger partial charge is 0.299 e. The van der Waals surface area contributed by atoms with E-state index in [-0.39, 0.29) is 0 Å². The van der Waals surface area contributed by atoms with Crippen molar-refractivity contribution in [3.8, 4) is 61.8 Å². The third-order valence-electron chi connectivity index (χ3n) is 10.2. The SMILES string of the molecule is C/C=C\C(=C/CC)c1nc(-c2ccccc2)nc(-c2ccc(-c3cccc4cc(-c5ccc(-c6ccc7c(c6)ncn7-c6ccccc6)cc5)ccc34)cc2)n1. The van der Waals surface area contributed by atoms with Gasteiger partial charge in [0.15, 0.2) is 17.5 Å². The number of benzene rings is 7. The summed E-state index contributed by atoms with van der Waals surface area (Å²) in [5.74, 6) is 1.99. The van der Waals surface area contributed by atoms with Crippen LogP contribution in [-0.2, 0) is 0 Å². The summed E-state index contributed by atoms with van der Waals surface area (Å²) in [5, 5.41) is 2.40. The molecule has 5 heteroatoms. The van der Waals surface area contributed by atoms with Crippen LogP contribution in [0.4, 0.5) is 0 Å². The second kappa shape index (κ2) is 15.2. The average molecular weight is 722 g/mol. The molecule has 9 aromatic rings. The fourth-order valence-electron chi connectivity index (χ4n) is 7.34. The van der Waals surface area contributed by atoms with Gasteiger partial charge in [-0.2, -0.15) is 0 Å². The molecule has 2 aromatic heterocycles. The lowest BCUT2D eigenvalue weighted by molar-refractivity contribution is 1.03. The topological polar surface area (TPSA) is 56.5 Å². The standard InChI is InChI=1S/C51H39N5/c1-3-12-38(13-4-2)49-53-50(39-14-7-5-8-15-39)55-51(54-49)40-26-24-37(25-27-40)45-19-11-16-43-32-41(28-30-46(43)45)35-20-22-36(23-21-35)42-29-31-48-47(33-42)52-34-56(48)44-17-9-6-10-18-44/h3,5-34H,4H2,1-2H3/b12-3-,38-13+. The van der Waals surface area contributed by atoms with Gasteiger partial charge in [0.25, 0.3) is 0 Å². The minimum absolute atomic E-state index is 0.653. The van der Waals surface area contributed by atoms with Crippen LogP contribution in [0.3, 0.4) is 0 Å². The summed E-state index contributed by atoms with van der Waals surface area (Å²) in [6.07, 6.45) is 9.02. The van der Waals surface area contributed by atoms with Crippen molar-refractivity contribution in [3.63, 3.8) is 0 Å². The summed E-state index contributed by atoms with van der Waals surface area (Å²) in [7, 11) is 0. The van der Waals surface area contributed by atoms with Gasteiger partial charge in [-0.15, -0.1) is 0 Å². The Bertz CT molecular complexity index is 2870. The van der Waals surface area contributed by atoms with Crippen LogP contribution in [0.15, 0.2) is 188 Å². The summed E-state index contributed by atoms with van der Waals surface area (Å²) >= 11 is 0. The molecule has 0 aliphatic rings. The van der Waals surface area contributed by atoms with Crippen molar-refractivity contribution in [1.82, 2.24) is 24.5 Å². The molecule has 9 rings (SSSR count). The maximum absolute atomic E-state index is 4.96. The second-order valence-corrected chi connectivity index (χ2v) is 13.8. The number of imidazole rings is 1. The zero-order valence-corrected chi connectivity index (χ0v) is 31.3. The van der Waals surface area contributed by atoms with E-state index in [4.69, 9.17) is 19.9 Å². The molecule has 0 bridgehead atoms. The molecule has 7 aromatic carbocycles. The van der Waals surface area contributed by atoms with E-state index in [0.717, 1.165) is 56.5 Å². The number of hydrogen-bond acceptors (Lipinski definition) is 4. The van der Waals surface area contributed by atoms with Crippen LogP contribution in [0.2, 0.25) is 0 Å². The molecule has 0 radical (unpaired) electrons. The smallest absolute Gasteiger partial charge is 0.164 e. The Morgan fingerprint density at radius 3 is 1.86 bits per heavy atom. The van der Waals surface area contributed by atoms with Gasteiger partial charge in [0.2, 0.25) is 0 Å². The van der Waals surface area contributed by atoms with E-state index in [2.05, 4.69) is 139 Å². The van der Waals surface area contributed by atoms with Crippen LogP contribution in [0, 0.1) is 0 Å². The third-order valence-corrected chi connectivity index (χ3v) is 10.2. The minimum atomic E-state index is 0.653.